The molecule has 0 fully saturated rings. The van der Waals surface area contributed by atoms with Crippen LogP contribution in [0, 0.1) is 0 Å². The summed E-state index contributed by atoms with van der Waals surface area (Å²) in [5.74, 6) is 1.63. The molecule has 0 saturated heterocycles. The fraction of sp³-hybridized carbons (Fsp3) is 0.222. The van der Waals surface area contributed by atoms with Crippen LogP contribution in [0.2, 0.25) is 10.0 Å². The minimum absolute atomic E-state index is 0.746. The summed E-state index contributed by atoms with van der Waals surface area (Å²) < 4.78 is 0. The van der Waals surface area contributed by atoms with Crippen molar-refractivity contribution < 1.29 is 0 Å². The monoisotopic (exact) mass is 358 g/mol. The molecule has 0 amide bonds. The van der Waals surface area contributed by atoms with Crippen LogP contribution in [0.4, 0.5) is 0 Å². The Balaban J connectivity index is 1.55. The topological polar surface area (TPSA) is 48.8 Å². The van der Waals surface area contributed by atoms with Gasteiger partial charge >= 0.3 is 0 Å². The molecule has 0 aromatic heterocycles. The van der Waals surface area contributed by atoms with Crippen molar-refractivity contribution in [3.05, 3.63) is 68.7 Å². The second-order valence-electron chi connectivity index (χ2n) is 5.81. The maximum Gasteiger partial charge on any atom is 0.147 e. The molecule has 2 aliphatic rings. The van der Waals surface area contributed by atoms with Crippen molar-refractivity contribution in [2.24, 2.45) is 9.98 Å². The quantitative estimate of drug-likeness (QED) is 0.709. The average Bonchev–Trinajstić information content (AvgIpc) is 2.59. The molecule has 0 spiro atoms. The lowest BCUT2D eigenvalue weighted by Crippen LogP contribution is -2.44. The normalized spacial score (nSPS) is 15.8. The van der Waals surface area contributed by atoms with E-state index in [1.165, 1.54) is 11.1 Å². The molecule has 2 aromatic carbocycles. The van der Waals surface area contributed by atoms with Crippen LogP contribution in [0.5, 0.6) is 0 Å². The summed E-state index contributed by atoms with van der Waals surface area (Å²) in [6.45, 7) is 1.49. The number of halogens is 2. The first-order valence-corrected chi connectivity index (χ1v) is 8.65. The van der Waals surface area contributed by atoms with Crippen LogP contribution in [0.15, 0.2) is 46.4 Å². The first-order valence-electron chi connectivity index (χ1n) is 7.89. The van der Waals surface area contributed by atoms with Gasteiger partial charge in [0.1, 0.15) is 11.7 Å². The predicted molar refractivity (Wildman–Crippen MR) is 99.4 cm³/mol. The zero-order valence-corrected chi connectivity index (χ0v) is 14.5. The van der Waals surface area contributed by atoms with E-state index >= 15 is 0 Å². The molecule has 122 valence electrons. The number of nitrogens with zero attached hydrogens (tertiary/aromatic N) is 2. The van der Waals surface area contributed by atoms with Gasteiger partial charge in [0.15, 0.2) is 0 Å². The number of amidine groups is 2. The van der Waals surface area contributed by atoms with Crippen LogP contribution >= 0.6 is 23.2 Å². The van der Waals surface area contributed by atoms with E-state index < -0.39 is 0 Å². The number of aliphatic imine (C=N–C) groups is 2. The van der Waals surface area contributed by atoms with Crippen molar-refractivity contribution in [2.75, 3.05) is 13.1 Å². The van der Waals surface area contributed by atoms with Crippen LogP contribution in [-0.2, 0) is 12.8 Å². The molecule has 0 bridgehead atoms. The van der Waals surface area contributed by atoms with E-state index in [9.17, 15) is 0 Å². The van der Waals surface area contributed by atoms with Crippen LogP contribution < -0.4 is 10.9 Å². The van der Waals surface area contributed by atoms with E-state index in [0.29, 0.717) is 0 Å². The van der Waals surface area contributed by atoms with Crippen molar-refractivity contribution in [3.63, 3.8) is 0 Å². The van der Waals surface area contributed by atoms with Gasteiger partial charge in [0.05, 0.1) is 0 Å². The third kappa shape index (κ3) is 2.99. The minimum Gasteiger partial charge on any atom is -0.283 e. The molecule has 0 saturated carbocycles. The Morgan fingerprint density at radius 2 is 1.17 bits per heavy atom. The maximum atomic E-state index is 6.09. The van der Waals surface area contributed by atoms with E-state index in [1.54, 1.807) is 0 Å². The molecule has 6 heteroatoms. The molecule has 2 aliphatic heterocycles. The number of fused-ring (bicyclic) bond motifs is 2. The van der Waals surface area contributed by atoms with Gasteiger partial charge in [-0.25, -0.2) is 0 Å². The first-order chi connectivity index (χ1) is 11.7. The van der Waals surface area contributed by atoms with E-state index in [4.69, 9.17) is 23.2 Å². The second kappa shape index (κ2) is 6.46. The van der Waals surface area contributed by atoms with Crippen LogP contribution in [0.25, 0.3) is 0 Å². The summed E-state index contributed by atoms with van der Waals surface area (Å²) in [7, 11) is 0. The number of hydrogen-bond acceptors (Lipinski definition) is 4. The van der Waals surface area contributed by atoms with E-state index in [1.807, 2.05) is 36.4 Å². The van der Waals surface area contributed by atoms with E-state index in [0.717, 1.165) is 58.8 Å². The van der Waals surface area contributed by atoms with Crippen molar-refractivity contribution >= 4 is 34.9 Å². The van der Waals surface area contributed by atoms with Gasteiger partial charge in [0, 0.05) is 34.3 Å². The van der Waals surface area contributed by atoms with Gasteiger partial charge in [-0.1, -0.05) is 23.2 Å². The van der Waals surface area contributed by atoms with Gasteiger partial charge in [-0.15, -0.1) is 0 Å². The number of rotatable bonds is 0. The van der Waals surface area contributed by atoms with E-state index in [2.05, 4.69) is 20.8 Å². The lowest BCUT2D eigenvalue weighted by Gasteiger charge is -2.22. The predicted octanol–water partition coefficient (Wildman–Crippen LogP) is 3.39. The highest BCUT2D eigenvalue weighted by Gasteiger charge is 2.17. The molecule has 24 heavy (non-hydrogen) atoms. The van der Waals surface area contributed by atoms with Crippen molar-refractivity contribution in [1.82, 2.24) is 10.9 Å². The van der Waals surface area contributed by atoms with Crippen molar-refractivity contribution in [2.45, 2.75) is 12.8 Å². The van der Waals surface area contributed by atoms with Gasteiger partial charge in [-0.2, -0.15) is 0 Å². The molecule has 2 heterocycles. The summed E-state index contributed by atoms with van der Waals surface area (Å²) in [5.41, 5.74) is 11.0. The standard InChI is InChI=1S/C18H16Cl2N4/c19-13-1-3-15-11(9-13)5-7-21-17(15)23-24-18-16-4-2-14(20)10-12(16)6-8-22-18/h1-4,9-10H,5-8H2,(H,21,23)(H,22,24). The maximum absolute atomic E-state index is 6.09. The zero-order chi connectivity index (χ0) is 16.5. The molecule has 4 rings (SSSR count). The van der Waals surface area contributed by atoms with Gasteiger partial charge in [-0.05, 0) is 60.4 Å². The SMILES string of the molecule is Clc1ccc2c(c1)CCN=C2NNC1=NCCc2cc(Cl)ccc21. The summed E-state index contributed by atoms with van der Waals surface area (Å²) >= 11 is 12.2. The van der Waals surface area contributed by atoms with Crippen molar-refractivity contribution in [3.8, 4) is 0 Å². The molecule has 2 aromatic rings. The second-order valence-corrected chi connectivity index (χ2v) is 6.69. The van der Waals surface area contributed by atoms with Crippen LogP contribution in [0.1, 0.15) is 22.3 Å². The van der Waals surface area contributed by atoms with Gasteiger partial charge in [0.2, 0.25) is 0 Å². The lowest BCUT2D eigenvalue weighted by molar-refractivity contribution is 0.809. The van der Waals surface area contributed by atoms with Crippen LogP contribution in [0.3, 0.4) is 0 Å². The Bertz CT molecular complexity index is 787. The third-order valence-corrected chi connectivity index (χ3v) is 4.72. The Kier molecular flexibility index (Phi) is 4.17. The zero-order valence-electron chi connectivity index (χ0n) is 12.9. The number of hydrazine groups is 1. The molecule has 2 N–H and O–H groups in total. The average molecular weight is 359 g/mol. The first kappa shape index (κ1) is 15.5. The molecule has 0 radical (unpaired) electrons. The Morgan fingerprint density at radius 1 is 0.708 bits per heavy atom. The van der Waals surface area contributed by atoms with Gasteiger partial charge < -0.3 is 0 Å². The lowest BCUT2D eigenvalue weighted by atomic mass is 10.0. The summed E-state index contributed by atoms with van der Waals surface area (Å²) in [4.78, 5) is 9.16. The van der Waals surface area contributed by atoms with Crippen LogP contribution in [-0.4, -0.2) is 24.8 Å². The largest absolute Gasteiger partial charge is 0.283 e. The minimum atomic E-state index is 0.746. The van der Waals surface area contributed by atoms with Crippen molar-refractivity contribution in [1.29, 1.82) is 0 Å². The highest BCUT2D eigenvalue weighted by atomic mass is 35.5. The molecule has 0 aliphatic carbocycles. The Labute approximate surface area is 150 Å². The Hall–Kier alpha value is -2.04. The highest BCUT2D eigenvalue weighted by Crippen LogP contribution is 2.21. The summed E-state index contributed by atoms with van der Waals surface area (Å²) in [5, 5.41) is 1.51. The van der Waals surface area contributed by atoms with Gasteiger partial charge in [0.25, 0.3) is 0 Å². The number of nitrogens with one attached hydrogen (secondary N) is 2. The molecule has 0 unspecified atom stereocenters. The summed E-state index contributed by atoms with van der Waals surface area (Å²) in [6.07, 6.45) is 1.81. The molecular weight excluding hydrogens is 343 g/mol. The molecule has 0 atom stereocenters. The highest BCUT2D eigenvalue weighted by molar-refractivity contribution is 6.31. The smallest absolute Gasteiger partial charge is 0.147 e. The number of benzene rings is 2. The fourth-order valence-electron chi connectivity index (χ4n) is 3.08. The summed E-state index contributed by atoms with van der Waals surface area (Å²) in [6, 6.07) is 11.8. The third-order valence-electron chi connectivity index (χ3n) is 4.25. The molecular formula is C18H16Cl2N4. The molecule has 4 nitrogen and oxygen atoms in total. The van der Waals surface area contributed by atoms with Gasteiger partial charge in [-0.3, -0.25) is 20.8 Å². The number of hydrogen-bond donors (Lipinski definition) is 2. The van der Waals surface area contributed by atoms with E-state index in [-0.39, 0.29) is 0 Å². The fourth-order valence-corrected chi connectivity index (χ4v) is 3.47. The Morgan fingerprint density at radius 3 is 1.62 bits per heavy atom.